The molecule has 0 aliphatic carbocycles. The fourth-order valence-corrected chi connectivity index (χ4v) is 7.01. The van der Waals surface area contributed by atoms with Gasteiger partial charge in [0.15, 0.2) is 0 Å². The fourth-order valence-electron chi connectivity index (χ4n) is 4.27. The highest BCUT2D eigenvalue weighted by Gasteiger charge is 2.15. The van der Waals surface area contributed by atoms with E-state index >= 15 is 0 Å². The summed E-state index contributed by atoms with van der Waals surface area (Å²) in [6, 6.07) is 1.44. The largest absolute Gasteiger partial charge is 0.377 e. The molecule has 32 heavy (non-hydrogen) atoms. The summed E-state index contributed by atoms with van der Waals surface area (Å²) in [5.74, 6) is 0. The summed E-state index contributed by atoms with van der Waals surface area (Å²) in [4.78, 5) is 0. The van der Waals surface area contributed by atoms with Crippen LogP contribution < -0.4 is 0 Å². The Balaban J connectivity index is 3.39. The molecular formula is C27H57BIOPSi. The number of ether oxygens (including phenoxy) is 1. The van der Waals surface area contributed by atoms with E-state index in [9.17, 15) is 0 Å². The molecule has 0 radical (unpaired) electrons. The molecule has 0 spiro atoms. The van der Waals surface area contributed by atoms with Gasteiger partial charge in [0.25, 0.3) is 0 Å². The normalized spacial score (nSPS) is 12.2. The lowest BCUT2D eigenvalue weighted by Crippen LogP contribution is -2.22. The van der Waals surface area contributed by atoms with Crippen molar-refractivity contribution in [2.24, 2.45) is 0 Å². The van der Waals surface area contributed by atoms with Crippen molar-refractivity contribution >= 4 is 43.9 Å². The van der Waals surface area contributed by atoms with Crippen LogP contribution in [0.5, 0.6) is 0 Å². The summed E-state index contributed by atoms with van der Waals surface area (Å²) in [6.07, 6.45) is 29.1. The minimum absolute atomic E-state index is 0.766. The van der Waals surface area contributed by atoms with Crippen LogP contribution in [0.1, 0.15) is 122 Å². The second kappa shape index (κ2) is 25.2. The Morgan fingerprint density at radius 3 is 1.72 bits per heavy atom. The SMILES string of the molecule is CCCCCCCCCCCCCOCC=C[Si](C)(C)CCCCCCCCCB(P)I. The van der Waals surface area contributed by atoms with Crippen LogP contribution in [0.4, 0.5) is 0 Å². The maximum Gasteiger partial charge on any atom is 0.239 e. The van der Waals surface area contributed by atoms with Crippen molar-refractivity contribution in [3.8, 4) is 0 Å². The lowest BCUT2D eigenvalue weighted by molar-refractivity contribution is 0.157. The first-order valence-electron chi connectivity index (χ1n) is 14.1. The Bertz CT molecular complexity index is 407. The van der Waals surface area contributed by atoms with Crippen molar-refractivity contribution < 1.29 is 4.74 Å². The molecule has 0 aliphatic heterocycles. The summed E-state index contributed by atoms with van der Waals surface area (Å²) >= 11 is 2.51. The van der Waals surface area contributed by atoms with Crippen LogP contribution in [-0.4, -0.2) is 25.6 Å². The number of rotatable bonds is 25. The zero-order valence-corrected chi connectivity index (χ0v) is 26.5. The van der Waals surface area contributed by atoms with Crippen LogP contribution in [-0.2, 0) is 4.74 Å². The van der Waals surface area contributed by atoms with Gasteiger partial charge in [-0.1, -0.05) is 153 Å². The fraction of sp³-hybridized carbons (Fsp3) is 0.926. The monoisotopic (exact) mass is 594 g/mol. The highest BCUT2D eigenvalue weighted by molar-refractivity contribution is 14.1. The quantitative estimate of drug-likeness (QED) is 0.0442. The smallest absolute Gasteiger partial charge is 0.239 e. The van der Waals surface area contributed by atoms with Gasteiger partial charge in [-0.25, -0.2) is 0 Å². The average Bonchev–Trinajstić information content (AvgIpc) is 2.75. The molecule has 0 amide bonds. The maximum absolute atomic E-state index is 5.85. The molecule has 0 aromatic rings. The van der Waals surface area contributed by atoms with Crippen LogP contribution in [0.15, 0.2) is 11.8 Å². The molecule has 1 nitrogen and oxygen atoms in total. The van der Waals surface area contributed by atoms with E-state index in [0.29, 0.717) is 0 Å². The molecule has 0 bridgehead atoms. The molecule has 0 rings (SSSR count). The number of unbranched alkanes of at least 4 members (excludes halogenated alkanes) is 16. The maximum atomic E-state index is 5.85. The first kappa shape index (κ1) is 33.1. The van der Waals surface area contributed by atoms with Crippen molar-refractivity contribution in [2.75, 3.05) is 13.2 Å². The van der Waals surface area contributed by atoms with E-state index in [0.717, 1.165) is 17.5 Å². The molecule has 0 fully saturated rings. The molecule has 190 valence electrons. The highest BCUT2D eigenvalue weighted by Crippen LogP contribution is 2.19. The van der Waals surface area contributed by atoms with Gasteiger partial charge in [0.2, 0.25) is 4.29 Å². The predicted octanol–water partition coefficient (Wildman–Crippen LogP) is 10.6. The third-order valence-electron chi connectivity index (χ3n) is 6.48. The van der Waals surface area contributed by atoms with Crippen LogP contribution >= 0.6 is 31.5 Å². The Morgan fingerprint density at radius 2 is 1.19 bits per heavy atom. The molecule has 0 aliphatic rings. The lowest BCUT2D eigenvalue weighted by atomic mass is 9.96. The van der Waals surface area contributed by atoms with E-state index in [-0.39, 0.29) is 0 Å². The van der Waals surface area contributed by atoms with Gasteiger partial charge >= 0.3 is 0 Å². The van der Waals surface area contributed by atoms with Crippen molar-refractivity contribution in [3.63, 3.8) is 0 Å². The van der Waals surface area contributed by atoms with Gasteiger partial charge in [0, 0.05) is 6.61 Å². The molecule has 0 aromatic heterocycles. The minimum Gasteiger partial charge on any atom is -0.377 e. The van der Waals surface area contributed by atoms with Crippen LogP contribution in [0.2, 0.25) is 25.5 Å². The third-order valence-corrected chi connectivity index (χ3v) is 10.2. The van der Waals surface area contributed by atoms with Gasteiger partial charge < -0.3 is 4.74 Å². The minimum atomic E-state index is -1.17. The Morgan fingerprint density at radius 1 is 0.719 bits per heavy atom. The number of hydrogen-bond acceptors (Lipinski definition) is 1. The Kier molecular flexibility index (Phi) is 26.1. The van der Waals surface area contributed by atoms with Gasteiger partial charge in [-0.05, 0) is 6.42 Å². The van der Waals surface area contributed by atoms with Crippen molar-refractivity contribution in [2.45, 2.75) is 148 Å². The van der Waals surface area contributed by atoms with Crippen molar-refractivity contribution in [1.82, 2.24) is 0 Å². The number of hydrogen-bond donors (Lipinski definition) is 0. The summed E-state index contributed by atoms with van der Waals surface area (Å²) in [5, 5.41) is 0. The molecular weight excluding hydrogens is 537 g/mol. The lowest BCUT2D eigenvalue weighted by Gasteiger charge is -2.17. The second-order valence-electron chi connectivity index (χ2n) is 10.5. The van der Waals surface area contributed by atoms with E-state index in [1.54, 1.807) is 0 Å². The summed E-state index contributed by atoms with van der Waals surface area (Å²) in [6.45, 7) is 9.08. The highest BCUT2D eigenvalue weighted by atomic mass is 127. The predicted molar refractivity (Wildman–Crippen MR) is 165 cm³/mol. The topological polar surface area (TPSA) is 9.23 Å². The van der Waals surface area contributed by atoms with Gasteiger partial charge in [-0.15, -0.1) is 22.4 Å². The summed E-state index contributed by atoms with van der Waals surface area (Å²) in [7, 11) is 1.74. The standard InChI is InChI=1S/C27H57BIOPSi/c1-4-5-6-7-8-9-10-11-14-17-20-24-30-25-22-27-32(2,3)26-21-18-15-12-13-16-19-23-28(29)31/h22,27H,4-21,23-26,31H2,1-3H3. The third kappa shape index (κ3) is 27.4. The van der Waals surface area contributed by atoms with Gasteiger partial charge in [-0.2, -0.15) is 9.12 Å². The Hall–Kier alpha value is 1.14. The first-order valence-corrected chi connectivity index (χ1v) is 19.3. The number of halogens is 1. The molecule has 5 heteroatoms. The summed E-state index contributed by atoms with van der Waals surface area (Å²) in [5.41, 5.74) is 2.52. The van der Waals surface area contributed by atoms with E-state index in [4.69, 9.17) is 4.74 Å². The molecule has 1 unspecified atom stereocenters. The molecule has 0 saturated heterocycles. The summed E-state index contributed by atoms with van der Waals surface area (Å²) < 4.78 is 6.62. The molecule has 0 N–H and O–H groups in total. The van der Waals surface area contributed by atoms with Gasteiger partial charge in [-0.3, -0.25) is 0 Å². The van der Waals surface area contributed by atoms with Crippen molar-refractivity contribution in [1.29, 1.82) is 0 Å². The zero-order chi connectivity index (χ0) is 23.8. The average molecular weight is 595 g/mol. The van der Waals surface area contributed by atoms with Gasteiger partial charge in [0.05, 0.1) is 14.7 Å². The van der Waals surface area contributed by atoms with E-state index < -0.39 is 8.07 Å². The van der Waals surface area contributed by atoms with Crippen LogP contribution in [0.3, 0.4) is 0 Å². The van der Waals surface area contributed by atoms with Gasteiger partial charge in [0.1, 0.15) is 0 Å². The second-order valence-corrected chi connectivity index (χ2v) is 19.1. The van der Waals surface area contributed by atoms with E-state index in [1.807, 2.05) is 0 Å². The van der Waals surface area contributed by atoms with Crippen LogP contribution in [0.25, 0.3) is 0 Å². The first-order chi connectivity index (χ1) is 15.5. The van der Waals surface area contributed by atoms with E-state index in [2.05, 4.69) is 63.3 Å². The van der Waals surface area contributed by atoms with Crippen LogP contribution in [0, 0.1) is 0 Å². The van der Waals surface area contributed by atoms with Crippen molar-refractivity contribution in [3.05, 3.63) is 11.8 Å². The molecule has 1 atom stereocenters. The van der Waals surface area contributed by atoms with E-state index in [1.165, 1.54) is 128 Å². The molecule has 0 heterocycles. The zero-order valence-electron chi connectivity index (χ0n) is 22.2. The molecule has 0 saturated carbocycles. The molecule has 0 aromatic carbocycles. The Labute approximate surface area is 220 Å².